The molecule has 0 saturated carbocycles. The van der Waals surface area contributed by atoms with E-state index in [9.17, 15) is 9.59 Å². The van der Waals surface area contributed by atoms with Gasteiger partial charge in [0.15, 0.2) is 0 Å². The number of carbonyl (C=O) groups is 2. The van der Waals surface area contributed by atoms with E-state index in [-0.39, 0.29) is 11.8 Å². The third-order valence-corrected chi connectivity index (χ3v) is 4.43. The molecule has 2 amide bonds. The standard InChI is InChI=1S/C20H22N2O3/c1-3-7-18(19(23)21-15-9-6-10-16(12-15)25-2)22-13-14-8-4-5-11-17(14)20(22)24/h4-6,8-12,18H,3,7,13H2,1-2H3,(H,21,23)/t18-/m1/s1. The number of nitrogens with one attached hydrogen (secondary N) is 1. The van der Waals surface area contributed by atoms with E-state index in [2.05, 4.69) is 5.32 Å². The quantitative estimate of drug-likeness (QED) is 0.877. The van der Waals surface area contributed by atoms with Gasteiger partial charge < -0.3 is 15.0 Å². The number of rotatable bonds is 6. The minimum absolute atomic E-state index is 0.0742. The van der Waals surface area contributed by atoms with E-state index >= 15 is 0 Å². The smallest absolute Gasteiger partial charge is 0.255 e. The number of methoxy groups -OCH3 is 1. The van der Waals surface area contributed by atoms with Gasteiger partial charge in [-0.15, -0.1) is 0 Å². The molecule has 130 valence electrons. The Morgan fingerprint density at radius 2 is 2.04 bits per heavy atom. The van der Waals surface area contributed by atoms with Gasteiger partial charge in [-0.25, -0.2) is 0 Å². The van der Waals surface area contributed by atoms with E-state index in [1.54, 1.807) is 18.1 Å². The predicted octanol–water partition coefficient (Wildman–Crippen LogP) is 3.46. The fraction of sp³-hybridized carbons (Fsp3) is 0.300. The molecule has 1 N–H and O–H groups in total. The second-order valence-corrected chi connectivity index (χ2v) is 6.12. The maximum Gasteiger partial charge on any atom is 0.255 e. The Labute approximate surface area is 147 Å². The summed E-state index contributed by atoms with van der Waals surface area (Å²) < 4.78 is 5.19. The fourth-order valence-corrected chi connectivity index (χ4v) is 3.16. The molecule has 0 fully saturated rings. The lowest BCUT2D eigenvalue weighted by atomic mass is 10.1. The first kappa shape index (κ1) is 17.0. The van der Waals surface area contributed by atoms with Crippen molar-refractivity contribution >= 4 is 17.5 Å². The van der Waals surface area contributed by atoms with Gasteiger partial charge in [-0.2, -0.15) is 0 Å². The highest BCUT2D eigenvalue weighted by molar-refractivity contribution is 6.03. The molecular formula is C20H22N2O3. The van der Waals surface area contributed by atoms with Crippen molar-refractivity contribution in [3.05, 3.63) is 59.7 Å². The number of nitrogens with zero attached hydrogens (tertiary/aromatic N) is 1. The summed E-state index contributed by atoms with van der Waals surface area (Å²) in [6.07, 6.45) is 1.44. The summed E-state index contributed by atoms with van der Waals surface area (Å²) in [6, 6.07) is 14.3. The molecule has 0 saturated heterocycles. The lowest BCUT2D eigenvalue weighted by Crippen LogP contribution is -2.44. The van der Waals surface area contributed by atoms with Gasteiger partial charge in [0.25, 0.3) is 5.91 Å². The van der Waals surface area contributed by atoms with Crippen molar-refractivity contribution in [3.63, 3.8) is 0 Å². The van der Waals surface area contributed by atoms with Crippen LogP contribution in [-0.2, 0) is 11.3 Å². The monoisotopic (exact) mass is 338 g/mol. The SMILES string of the molecule is CCC[C@H](C(=O)Nc1cccc(OC)c1)N1Cc2ccccc2C1=O. The zero-order valence-corrected chi connectivity index (χ0v) is 14.5. The maximum atomic E-state index is 12.8. The molecular weight excluding hydrogens is 316 g/mol. The predicted molar refractivity (Wildman–Crippen MR) is 96.6 cm³/mol. The second kappa shape index (κ2) is 7.38. The van der Waals surface area contributed by atoms with Crippen molar-refractivity contribution in [1.82, 2.24) is 4.90 Å². The average Bonchev–Trinajstić information content (AvgIpc) is 2.96. The van der Waals surface area contributed by atoms with Crippen LogP contribution in [0.4, 0.5) is 5.69 Å². The van der Waals surface area contributed by atoms with Crippen LogP contribution in [0.25, 0.3) is 0 Å². The molecule has 3 rings (SSSR count). The van der Waals surface area contributed by atoms with Crippen molar-refractivity contribution < 1.29 is 14.3 Å². The second-order valence-electron chi connectivity index (χ2n) is 6.12. The van der Waals surface area contributed by atoms with Crippen molar-refractivity contribution in [2.24, 2.45) is 0 Å². The van der Waals surface area contributed by atoms with Crippen LogP contribution in [0, 0.1) is 0 Å². The van der Waals surface area contributed by atoms with Crippen LogP contribution in [0.3, 0.4) is 0 Å². The van der Waals surface area contributed by atoms with Gasteiger partial charge in [-0.05, 0) is 30.2 Å². The molecule has 25 heavy (non-hydrogen) atoms. The number of hydrogen-bond acceptors (Lipinski definition) is 3. The van der Waals surface area contributed by atoms with Gasteiger partial charge >= 0.3 is 0 Å². The Kier molecular flexibility index (Phi) is 5.03. The number of hydrogen-bond donors (Lipinski definition) is 1. The van der Waals surface area contributed by atoms with Crippen LogP contribution in [0.5, 0.6) is 5.75 Å². The first-order chi connectivity index (χ1) is 12.1. The summed E-state index contributed by atoms with van der Waals surface area (Å²) in [5, 5.41) is 2.91. The number of anilines is 1. The highest BCUT2D eigenvalue weighted by Gasteiger charge is 2.35. The molecule has 0 bridgehead atoms. The van der Waals surface area contributed by atoms with E-state index in [4.69, 9.17) is 4.74 Å². The molecule has 0 aliphatic carbocycles. The minimum atomic E-state index is -0.490. The number of fused-ring (bicyclic) bond motifs is 1. The van der Waals surface area contributed by atoms with Crippen LogP contribution in [0.2, 0.25) is 0 Å². The van der Waals surface area contributed by atoms with E-state index in [1.807, 2.05) is 49.4 Å². The van der Waals surface area contributed by atoms with Gasteiger partial charge in [0.2, 0.25) is 5.91 Å². The Bertz CT molecular complexity index is 788. The number of ether oxygens (including phenoxy) is 1. The zero-order chi connectivity index (χ0) is 17.8. The molecule has 2 aromatic rings. The maximum absolute atomic E-state index is 12.8. The van der Waals surface area contributed by atoms with Crippen molar-refractivity contribution in [3.8, 4) is 5.75 Å². The number of benzene rings is 2. The van der Waals surface area contributed by atoms with Gasteiger partial charge in [0, 0.05) is 23.9 Å². The van der Waals surface area contributed by atoms with E-state index in [1.165, 1.54) is 0 Å². The van der Waals surface area contributed by atoms with Crippen LogP contribution in [0.1, 0.15) is 35.7 Å². The fourth-order valence-electron chi connectivity index (χ4n) is 3.16. The van der Waals surface area contributed by atoms with E-state index in [0.29, 0.717) is 30.0 Å². The molecule has 1 aliphatic rings. The molecule has 1 heterocycles. The van der Waals surface area contributed by atoms with Gasteiger partial charge in [-0.1, -0.05) is 37.6 Å². The normalized spacial score (nSPS) is 14.2. The van der Waals surface area contributed by atoms with E-state index < -0.39 is 6.04 Å². The highest BCUT2D eigenvalue weighted by Crippen LogP contribution is 2.27. The van der Waals surface area contributed by atoms with Crippen LogP contribution < -0.4 is 10.1 Å². The minimum Gasteiger partial charge on any atom is -0.497 e. The molecule has 0 unspecified atom stereocenters. The van der Waals surface area contributed by atoms with Crippen LogP contribution in [-0.4, -0.2) is 29.9 Å². The zero-order valence-electron chi connectivity index (χ0n) is 14.5. The summed E-state index contributed by atoms with van der Waals surface area (Å²) in [5.74, 6) is 0.431. The van der Waals surface area contributed by atoms with Gasteiger partial charge in [0.1, 0.15) is 11.8 Å². The Hall–Kier alpha value is -2.82. The summed E-state index contributed by atoms with van der Waals surface area (Å²) in [7, 11) is 1.58. The van der Waals surface area contributed by atoms with Gasteiger partial charge in [-0.3, -0.25) is 9.59 Å². The lowest BCUT2D eigenvalue weighted by molar-refractivity contribution is -0.120. The lowest BCUT2D eigenvalue weighted by Gasteiger charge is -2.26. The van der Waals surface area contributed by atoms with Crippen molar-refractivity contribution in [2.75, 3.05) is 12.4 Å². The molecule has 2 aromatic carbocycles. The Morgan fingerprint density at radius 3 is 2.76 bits per heavy atom. The third-order valence-electron chi connectivity index (χ3n) is 4.43. The van der Waals surface area contributed by atoms with Crippen molar-refractivity contribution in [1.29, 1.82) is 0 Å². The van der Waals surface area contributed by atoms with Gasteiger partial charge in [0.05, 0.1) is 7.11 Å². The number of amides is 2. The molecule has 5 heteroatoms. The Morgan fingerprint density at radius 1 is 1.24 bits per heavy atom. The number of carbonyl (C=O) groups excluding carboxylic acids is 2. The molecule has 5 nitrogen and oxygen atoms in total. The van der Waals surface area contributed by atoms with Crippen LogP contribution >= 0.6 is 0 Å². The largest absolute Gasteiger partial charge is 0.497 e. The Balaban J connectivity index is 1.79. The first-order valence-electron chi connectivity index (χ1n) is 8.47. The molecule has 0 spiro atoms. The van der Waals surface area contributed by atoms with E-state index in [0.717, 1.165) is 12.0 Å². The summed E-state index contributed by atoms with van der Waals surface area (Å²) >= 11 is 0. The van der Waals surface area contributed by atoms with Crippen molar-refractivity contribution in [2.45, 2.75) is 32.4 Å². The molecule has 0 aromatic heterocycles. The average molecular weight is 338 g/mol. The summed E-state index contributed by atoms with van der Waals surface area (Å²) in [4.78, 5) is 27.2. The molecule has 0 radical (unpaired) electrons. The molecule has 1 aliphatic heterocycles. The third kappa shape index (κ3) is 3.50. The summed E-state index contributed by atoms with van der Waals surface area (Å²) in [5.41, 5.74) is 2.33. The first-order valence-corrected chi connectivity index (χ1v) is 8.47. The topological polar surface area (TPSA) is 58.6 Å². The summed E-state index contributed by atoms with van der Waals surface area (Å²) in [6.45, 7) is 2.49. The van der Waals surface area contributed by atoms with Crippen LogP contribution in [0.15, 0.2) is 48.5 Å². The highest BCUT2D eigenvalue weighted by atomic mass is 16.5. The molecule has 1 atom stereocenters.